The third-order valence-corrected chi connectivity index (χ3v) is 3.58. The second-order valence-electron chi connectivity index (χ2n) is 3.94. The lowest BCUT2D eigenvalue weighted by Gasteiger charge is -2.04. The van der Waals surface area contributed by atoms with Crippen molar-refractivity contribution in [3.05, 3.63) is 58.7 Å². The minimum Gasteiger partial charge on any atom is -0.478 e. The van der Waals surface area contributed by atoms with Gasteiger partial charge < -0.3 is 5.11 Å². The van der Waals surface area contributed by atoms with Gasteiger partial charge in [-0.05, 0) is 41.6 Å². The van der Waals surface area contributed by atoms with Crippen molar-refractivity contribution in [2.24, 2.45) is 0 Å². The quantitative estimate of drug-likeness (QED) is 0.878. The smallest absolute Gasteiger partial charge is 0.338 e. The first kappa shape index (κ1) is 14.6. The first-order valence-electron chi connectivity index (χ1n) is 5.69. The highest BCUT2D eigenvalue weighted by atomic mass is 35.5. The normalized spacial score (nSPS) is 10.2. The summed E-state index contributed by atoms with van der Waals surface area (Å²) in [6.07, 6.45) is 1.63. The van der Waals surface area contributed by atoms with Crippen molar-refractivity contribution in [1.29, 1.82) is 0 Å². The van der Waals surface area contributed by atoms with Gasteiger partial charge in [0, 0.05) is 17.6 Å². The van der Waals surface area contributed by atoms with Crippen LogP contribution >= 0.6 is 23.4 Å². The molecule has 1 heterocycles. The molecule has 6 heteroatoms. The monoisotopic (exact) mass is 307 g/mol. The third-order valence-electron chi connectivity index (χ3n) is 2.45. The molecule has 4 nitrogen and oxygen atoms in total. The van der Waals surface area contributed by atoms with E-state index >= 15 is 0 Å². The van der Waals surface area contributed by atoms with Gasteiger partial charge in [0.05, 0.1) is 5.56 Å². The van der Waals surface area contributed by atoms with Gasteiger partial charge in [-0.15, -0.1) is 0 Å². The van der Waals surface area contributed by atoms with E-state index in [2.05, 4.69) is 4.98 Å². The van der Waals surface area contributed by atoms with Crippen LogP contribution in [-0.4, -0.2) is 21.2 Å². The van der Waals surface area contributed by atoms with Gasteiger partial charge in [0.1, 0.15) is 5.03 Å². The summed E-state index contributed by atoms with van der Waals surface area (Å²) < 4.78 is 0. The van der Waals surface area contributed by atoms with E-state index in [-0.39, 0.29) is 22.1 Å². The molecule has 1 aromatic heterocycles. The fourth-order valence-electron chi connectivity index (χ4n) is 1.59. The topological polar surface area (TPSA) is 67.3 Å². The second-order valence-corrected chi connectivity index (χ2v) is 5.42. The summed E-state index contributed by atoms with van der Waals surface area (Å²) in [5, 5.41) is 9.60. The Morgan fingerprint density at radius 3 is 2.75 bits per heavy atom. The highest BCUT2D eigenvalue weighted by Crippen LogP contribution is 2.23. The van der Waals surface area contributed by atoms with Gasteiger partial charge in [0.25, 0.3) is 0 Å². The van der Waals surface area contributed by atoms with Crippen molar-refractivity contribution in [3.8, 4) is 0 Å². The Labute approximate surface area is 124 Å². The molecular weight excluding hydrogens is 298 g/mol. The second kappa shape index (κ2) is 6.54. The summed E-state index contributed by atoms with van der Waals surface area (Å²) in [7, 11) is 0. The molecule has 0 saturated heterocycles. The van der Waals surface area contributed by atoms with Crippen molar-refractivity contribution in [3.63, 3.8) is 0 Å². The van der Waals surface area contributed by atoms with E-state index in [1.165, 1.54) is 18.3 Å². The molecule has 0 aliphatic rings. The average Bonchev–Trinajstić information content (AvgIpc) is 2.38. The Balaban J connectivity index is 2.11. The Bertz CT molecular complexity index is 660. The lowest BCUT2D eigenvalue weighted by atomic mass is 10.2. The van der Waals surface area contributed by atoms with Crippen LogP contribution in [0.2, 0.25) is 5.02 Å². The molecule has 2 rings (SSSR count). The van der Waals surface area contributed by atoms with Crippen LogP contribution in [0.3, 0.4) is 0 Å². The lowest BCUT2D eigenvalue weighted by molar-refractivity contribution is -0.110. The number of benzene rings is 1. The summed E-state index contributed by atoms with van der Waals surface area (Å²) in [5.74, 6) is -1.10. The largest absolute Gasteiger partial charge is 0.478 e. The number of rotatable bonds is 4. The minimum atomic E-state index is -1.10. The van der Waals surface area contributed by atoms with Gasteiger partial charge in [-0.2, -0.15) is 0 Å². The number of aromatic nitrogens is 1. The van der Waals surface area contributed by atoms with E-state index in [9.17, 15) is 9.59 Å². The number of pyridine rings is 1. The molecule has 0 atom stereocenters. The maximum atomic E-state index is 12.0. The number of hydrogen-bond acceptors (Lipinski definition) is 4. The van der Waals surface area contributed by atoms with Gasteiger partial charge >= 0.3 is 5.97 Å². The summed E-state index contributed by atoms with van der Waals surface area (Å²) in [6.45, 7) is 0. The Morgan fingerprint density at radius 2 is 2.05 bits per heavy atom. The number of carbonyl (C=O) groups excluding carboxylic acids is 1. The SMILES string of the molecule is O=C(Cc1cccc(Cl)c1)Sc1ncccc1C(=O)O. The summed E-state index contributed by atoms with van der Waals surface area (Å²) >= 11 is 6.67. The fourth-order valence-corrected chi connectivity index (χ4v) is 2.64. The fraction of sp³-hybridized carbons (Fsp3) is 0.0714. The van der Waals surface area contributed by atoms with Gasteiger partial charge in [0.15, 0.2) is 5.12 Å². The summed E-state index contributed by atoms with van der Waals surface area (Å²) in [4.78, 5) is 26.9. The predicted molar refractivity (Wildman–Crippen MR) is 77.2 cm³/mol. The molecule has 1 N–H and O–H groups in total. The van der Waals surface area contributed by atoms with Gasteiger partial charge in [-0.3, -0.25) is 4.79 Å². The Morgan fingerprint density at radius 1 is 1.25 bits per heavy atom. The number of carbonyl (C=O) groups is 2. The van der Waals surface area contributed by atoms with Crippen molar-refractivity contribution in [2.45, 2.75) is 11.4 Å². The number of halogens is 1. The van der Waals surface area contributed by atoms with Crippen molar-refractivity contribution >= 4 is 34.4 Å². The molecular formula is C14H10ClNO3S. The van der Waals surface area contributed by atoms with Crippen molar-refractivity contribution < 1.29 is 14.7 Å². The maximum absolute atomic E-state index is 12.0. The van der Waals surface area contributed by atoms with Crippen molar-refractivity contribution in [1.82, 2.24) is 4.98 Å². The molecule has 1 aromatic carbocycles. The van der Waals surface area contributed by atoms with E-state index in [0.717, 1.165) is 17.3 Å². The van der Waals surface area contributed by atoms with Gasteiger partial charge in [-0.25, -0.2) is 9.78 Å². The van der Waals surface area contributed by atoms with Crippen LogP contribution in [0.25, 0.3) is 0 Å². The van der Waals surface area contributed by atoms with E-state index in [0.29, 0.717) is 5.02 Å². The number of thioether (sulfide) groups is 1. The summed E-state index contributed by atoms with van der Waals surface area (Å²) in [5.41, 5.74) is 0.805. The van der Waals surface area contributed by atoms with Gasteiger partial charge in [-0.1, -0.05) is 23.7 Å². The van der Waals surface area contributed by atoms with E-state index < -0.39 is 5.97 Å². The molecule has 0 amide bonds. The number of hydrogen-bond donors (Lipinski definition) is 1. The zero-order chi connectivity index (χ0) is 14.5. The van der Waals surface area contributed by atoms with Crippen LogP contribution in [0, 0.1) is 0 Å². The third kappa shape index (κ3) is 3.82. The first-order chi connectivity index (χ1) is 9.56. The van der Waals surface area contributed by atoms with E-state index in [1.54, 1.807) is 24.3 Å². The highest BCUT2D eigenvalue weighted by molar-refractivity contribution is 8.13. The molecule has 0 fully saturated rings. The minimum absolute atomic E-state index is 0.0249. The molecule has 0 aliphatic carbocycles. The first-order valence-corrected chi connectivity index (χ1v) is 6.89. The molecule has 0 aliphatic heterocycles. The molecule has 0 spiro atoms. The number of aromatic carboxylic acids is 1. The Hall–Kier alpha value is -1.85. The zero-order valence-electron chi connectivity index (χ0n) is 10.2. The lowest BCUT2D eigenvalue weighted by Crippen LogP contribution is -2.04. The standard InChI is InChI=1S/C14H10ClNO3S/c15-10-4-1-3-9(7-10)8-12(17)20-13-11(14(18)19)5-2-6-16-13/h1-7H,8H2,(H,18,19). The predicted octanol–water partition coefficient (Wildman–Crippen LogP) is 3.29. The molecule has 0 bridgehead atoms. The van der Waals surface area contributed by atoms with E-state index in [4.69, 9.17) is 16.7 Å². The number of nitrogens with zero attached hydrogens (tertiary/aromatic N) is 1. The van der Waals surface area contributed by atoms with Crippen LogP contribution in [0.15, 0.2) is 47.6 Å². The van der Waals surface area contributed by atoms with E-state index in [1.807, 2.05) is 0 Å². The van der Waals surface area contributed by atoms with Crippen LogP contribution < -0.4 is 0 Å². The molecule has 2 aromatic rings. The van der Waals surface area contributed by atoms with Crippen LogP contribution in [0.5, 0.6) is 0 Å². The van der Waals surface area contributed by atoms with Crippen LogP contribution in [0.4, 0.5) is 0 Å². The Kier molecular flexibility index (Phi) is 4.76. The average molecular weight is 308 g/mol. The number of carboxylic acids is 1. The molecule has 0 unspecified atom stereocenters. The van der Waals surface area contributed by atoms with Crippen LogP contribution in [-0.2, 0) is 11.2 Å². The van der Waals surface area contributed by atoms with Gasteiger partial charge in [0.2, 0.25) is 0 Å². The highest BCUT2D eigenvalue weighted by Gasteiger charge is 2.15. The molecule has 0 radical (unpaired) electrons. The number of carboxylic acid groups (broad SMARTS) is 1. The molecule has 102 valence electrons. The maximum Gasteiger partial charge on any atom is 0.338 e. The van der Waals surface area contributed by atoms with Crippen LogP contribution in [0.1, 0.15) is 15.9 Å². The molecule has 20 heavy (non-hydrogen) atoms. The molecule has 0 saturated carbocycles. The summed E-state index contributed by atoms with van der Waals surface area (Å²) in [6, 6.07) is 9.93. The zero-order valence-corrected chi connectivity index (χ0v) is 11.8. The van der Waals surface area contributed by atoms with Crippen molar-refractivity contribution in [2.75, 3.05) is 0 Å².